The molecule has 0 N–H and O–H groups in total. The fourth-order valence-electron chi connectivity index (χ4n) is 8.74. The van der Waals surface area contributed by atoms with Crippen LogP contribution in [0.25, 0.3) is 44.2 Å². The van der Waals surface area contributed by atoms with E-state index < -0.39 is 0 Å². The van der Waals surface area contributed by atoms with Gasteiger partial charge >= 0.3 is 0 Å². The van der Waals surface area contributed by atoms with Crippen LogP contribution in [0.2, 0.25) is 0 Å². The predicted molar refractivity (Wildman–Crippen MR) is 230 cm³/mol. The smallest absolute Gasteiger partial charge is 0.137 e. The summed E-state index contributed by atoms with van der Waals surface area (Å²) in [6.45, 7) is 4.68. The molecule has 1 aromatic heterocycles. The molecular formula is C51H36N2OS. The summed E-state index contributed by atoms with van der Waals surface area (Å²) in [5.41, 5.74) is 16.2. The molecule has 0 spiro atoms. The van der Waals surface area contributed by atoms with Crippen LogP contribution in [-0.2, 0) is 5.41 Å². The molecule has 0 radical (unpaired) electrons. The van der Waals surface area contributed by atoms with Crippen molar-refractivity contribution in [3.05, 3.63) is 193 Å². The van der Waals surface area contributed by atoms with Crippen molar-refractivity contribution in [3.63, 3.8) is 0 Å². The average Bonchev–Trinajstić information content (AvgIpc) is 3.71. The van der Waals surface area contributed by atoms with Gasteiger partial charge in [0.2, 0.25) is 0 Å². The van der Waals surface area contributed by atoms with E-state index in [1.807, 2.05) is 23.9 Å². The number of hydrogen-bond donors (Lipinski definition) is 0. The van der Waals surface area contributed by atoms with Crippen LogP contribution in [0, 0.1) is 0 Å². The van der Waals surface area contributed by atoms with E-state index in [1.165, 1.54) is 43.2 Å². The second kappa shape index (κ2) is 12.3. The van der Waals surface area contributed by atoms with Crippen LogP contribution >= 0.6 is 11.8 Å². The summed E-state index contributed by atoms with van der Waals surface area (Å²) in [7, 11) is 0. The highest BCUT2D eigenvalue weighted by Crippen LogP contribution is 2.54. The van der Waals surface area contributed by atoms with Gasteiger partial charge in [-0.05, 0) is 106 Å². The lowest BCUT2D eigenvalue weighted by atomic mass is 9.82. The Hall–Kier alpha value is -6.49. The lowest BCUT2D eigenvalue weighted by Crippen LogP contribution is -2.16. The van der Waals surface area contributed by atoms with Crippen molar-refractivity contribution in [1.82, 2.24) is 0 Å². The summed E-state index contributed by atoms with van der Waals surface area (Å²) >= 11 is 1.83. The molecule has 11 rings (SSSR count). The number of fused-ring (bicyclic) bond motifs is 8. The Morgan fingerprint density at radius 1 is 0.473 bits per heavy atom. The van der Waals surface area contributed by atoms with Gasteiger partial charge in [-0.25, -0.2) is 0 Å². The van der Waals surface area contributed by atoms with Gasteiger partial charge in [-0.15, -0.1) is 0 Å². The summed E-state index contributed by atoms with van der Waals surface area (Å²) in [6, 6.07) is 66.0. The van der Waals surface area contributed by atoms with Crippen LogP contribution in [-0.4, -0.2) is 0 Å². The highest BCUT2D eigenvalue weighted by atomic mass is 32.2. The van der Waals surface area contributed by atoms with E-state index in [2.05, 4.69) is 194 Å². The zero-order valence-electron chi connectivity index (χ0n) is 30.5. The van der Waals surface area contributed by atoms with Gasteiger partial charge < -0.3 is 14.2 Å². The van der Waals surface area contributed by atoms with Crippen molar-refractivity contribution >= 4 is 67.8 Å². The monoisotopic (exact) mass is 724 g/mol. The van der Waals surface area contributed by atoms with E-state index in [-0.39, 0.29) is 5.41 Å². The molecule has 9 aromatic rings. The predicted octanol–water partition coefficient (Wildman–Crippen LogP) is 15.0. The largest absolute Gasteiger partial charge is 0.456 e. The van der Waals surface area contributed by atoms with Crippen molar-refractivity contribution in [2.75, 3.05) is 9.80 Å². The molecule has 2 heterocycles. The van der Waals surface area contributed by atoms with Gasteiger partial charge in [0, 0.05) is 54.8 Å². The highest BCUT2D eigenvalue weighted by molar-refractivity contribution is 7.99. The maximum absolute atomic E-state index is 6.37. The van der Waals surface area contributed by atoms with E-state index in [0.29, 0.717) is 0 Å². The molecule has 4 heteroatoms. The molecule has 0 amide bonds. The molecule has 0 unspecified atom stereocenters. The van der Waals surface area contributed by atoms with E-state index in [0.717, 1.165) is 56.1 Å². The first-order chi connectivity index (χ1) is 27.0. The van der Waals surface area contributed by atoms with E-state index in [4.69, 9.17) is 4.42 Å². The highest BCUT2D eigenvalue weighted by Gasteiger charge is 2.36. The normalized spacial score (nSPS) is 13.7. The van der Waals surface area contributed by atoms with Crippen LogP contribution in [0.15, 0.2) is 196 Å². The zero-order chi connectivity index (χ0) is 36.7. The molecule has 262 valence electrons. The van der Waals surface area contributed by atoms with Gasteiger partial charge in [0.15, 0.2) is 0 Å². The van der Waals surface area contributed by atoms with Gasteiger partial charge in [0.25, 0.3) is 0 Å². The number of rotatable bonds is 5. The van der Waals surface area contributed by atoms with Crippen LogP contribution in [0.1, 0.15) is 25.0 Å². The van der Waals surface area contributed by atoms with Gasteiger partial charge in [0.1, 0.15) is 11.2 Å². The number of benzene rings is 8. The number of nitrogens with zero attached hydrogens (tertiary/aromatic N) is 2. The quantitative estimate of drug-likeness (QED) is 0.176. The van der Waals surface area contributed by atoms with Crippen molar-refractivity contribution in [1.29, 1.82) is 0 Å². The second-order valence-corrected chi connectivity index (χ2v) is 16.1. The van der Waals surface area contributed by atoms with Crippen LogP contribution in [0.4, 0.5) is 34.1 Å². The van der Waals surface area contributed by atoms with Crippen molar-refractivity contribution in [2.45, 2.75) is 29.1 Å². The molecule has 3 nitrogen and oxygen atoms in total. The Morgan fingerprint density at radius 2 is 1.13 bits per heavy atom. The standard InChI is InChI=1S/C51H36N2OS/c1-51(2)43-16-8-6-14-39(43)42-30-36(25-28-44(42)51)52(35-22-20-34(21-23-35)33-12-4-3-5-13-33)38-26-29-46-50(32-38)55-49-19-11-9-17-45(49)53(46)37-24-27-41-40-15-7-10-18-47(40)54-48(41)31-37/h3-32H,1-2H3. The van der Waals surface area contributed by atoms with Gasteiger partial charge in [-0.2, -0.15) is 0 Å². The third kappa shape index (κ3) is 5.06. The van der Waals surface area contributed by atoms with Gasteiger partial charge in [0.05, 0.1) is 11.4 Å². The Morgan fingerprint density at radius 3 is 2.02 bits per heavy atom. The molecule has 1 aliphatic carbocycles. The van der Waals surface area contributed by atoms with Gasteiger partial charge in [-0.3, -0.25) is 0 Å². The van der Waals surface area contributed by atoms with Crippen LogP contribution in [0.3, 0.4) is 0 Å². The van der Waals surface area contributed by atoms with Crippen molar-refractivity contribution in [2.24, 2.45) is 0 Å². The van der Waals surface area contributed by atoms with Crippen molar-refractivity contribution < 1.29 is 4.42 Å². The molecule has 0 atom stereocenters. The summed E-state index contributed by atoms with van der Waals surface area (Å²) in [4.78, 5) is 7.20. The Bertz CT molecular complexity index is 2940. The van der Waals surface area contributed by atoms with Crippen LogP contribution < -0.4 is 9.80 Å². The Labute approximate surface area is 325 Å². The molecule has 1 aliphatic heterocycles. The number of furan rings is 1. The lowest BCUT2D eigenvalue weighted by molar-refractivity contribution is 0.660. The Kier molecular flexibility index (Phi) is 7.14. The first-order valence-corrected chi connectivity index (χ1v) is 19.7. The molecule has 0 fully saturated rings. The zero-order valence-corrected chi connectivity index (χ0v) is 31.3. The third-order valence-electron chi connectivity index (χ3n) is 11.4. The summed E-state index contributed by atoms with van der Waals surface area (Å²) in [5.74, 6) is 0. The SMILES string of the molecule is CC1(C)c2ccccc2-c2cc(N(c3ccc(-c4ccccc4)cc3)c3ccc4c(c3)Sc3ccccc3N4c3ccc4c(c3)oc3ccccc34)ccc21. The number of hydrogen-bond acceptors (Lipinski definition) is 4. The second-order valence-electron chi connectivity index (χ2n) is 15.0. The molecule has 0 saturated carbocycles. The molecular weight excluding hydrogens is 689 g/mol. The average molecular weight is 725 g/mol. The first kappa shape index (κ1) is 32.0. The van der Waals surface area contributed by atoms with E-state index in [9.17, 15) is 0 Å². The molecule has 0 bridgehead atoms. The molecule has 2 aliphatic rings. The fraction of sp³-hybridized carbons (Fsp3) is 0.0588. The number of para-hydroxylation sites is 2. The minimum Gasteiger partial charge on any atom is -0.456 e. The lowest BCUT2D eigenvalue weighted by Gasteiger charge is -2.34. The summed E-state index contributed by atoms with van der Waals surface area (Å²) < 4.78 is 6.37. The summed E-state index contributed by atoms with van der Waals surface area (Å²) in [6.07, 6.45) is 0. The Balaban J connectivity index is 1.06. The first-order valence-electron chi connectivity index (χ1n) is 18.8. The van der Waals surface area contributed by atoms with E-state index >= 15 is 0 Å². The molecule has 8 aromatic carbocycles. The van der Waals surface area contributed by atoms with Crippen LogP contribution in [0.5, 0.6) is 0 Å². The molecule has 0 saturated heterocycles. The fourth-order valence-corrected chi connectivity index (χ4v) is 9.84. The topological polar surface area (TPSA) is 19.6 Å². The number of anilines is 6. The minimum atomic E-state index is -0.0582. The van der Waals surface area contributed by atoms with E-state index in [1.54, 1.807) is 0 Å². The molecule has 55 heavy (non-hydrogen) atoms. The maximum Gasteiger partial charge on any atom is 0.137 e. The third-order valence-corrected chi connectivity index (χ3v) is 12.6. The minimum absolute atomic E-state index is 0.0582. The summed E-state index contributed by atoms with van der Waals surface area (Å²) in [5, 5.41) is 2.27. The maximum atomic E-state index is 6.37. The van der Waals surface area contributed by atoms with Gasteiger partial charge in [-0.1, -0.05) is 129 Å². The van der Waals surface area contributed by atoms with Crippen molar-refractivity contribution in [3.8, 4) is 22.3 Å².